The molecular formula is C34H27N. The number of anilines is 1. The quantitative estimate of drug-likeness (QED) is 0.263. The Morgan fingerprint density at radius 3 is 1.57 bits per heavy atom. The molecule has 7 rings (SSSR count). The molecule has 5 aromatic carbocycles. The van der Waals surface area contributed by atoms with Gasteiger partial charge in [-0.15, -0.1) is 0 Å². The van der Waals surface area contributed by atoms with Crippen molar-refractivity contribution in [3.05, 3.63) is 149 Å². The van der Waals surface area contributed by atoms with Gasteiger partial charge in [0.1, 0.15) is 0 Å². The van der Waals surface area contributed by atoms with Gasteiger partial charge < -0.3 is 4.90 Å². The van der Waals surface area contributed by atoms with Gasteiger partial charge in [0.15, 0.2) is 0 Å². The summed E-state index contributed by atoms with van der Waals surface area (Å²) in [6.45, 7) is 4.11. The summed E-state index contributed by atoms with van der Waals surface area (Å²) in [5.74, 6) is 0. The van der Waals surface area contributed by atoms with Gasteiger partial charge in [0, 0.05) is 18.8 Å². The molecule has 35 heavy (non-hydrogen) atoms. The highest BCUT2D eigenvalue weighted by Crippen LogP contribution is 2.62. The lowest BCUT2D eigenvalue weighted by molar-refractivity contribution is 0.791. The van der Waals surface area contributed by atoms with Crippen LogP contribution in [0.5, 0.6) is 0 Å². The fourth-order valence-electron chi connectivity index (χ4n) is 6.49. The number of rotatable bonds is 4. The molecule has 0 bridgehead atoms. The van der Waals surface area contributed by atoms with Gasteiger partial charge in [-0.1, -0.05) is 103 Å². The molecular weight excluding hydrogens is 422 g/mol. The second-order valence-corrected chi connectivity index (χ2v) is 9.62. The maximum atomic E-state index is 2.44. The molecule has 0 heterocycles. The number of hydrogen-bond acceptors (Lipinski definition) is 1. The Hall–Kier alpha value is -4.10. The maximum absolute atomic E-state index is 2.44. The molecule has 2 aliphatic rings. The third-order valence-electron chi connectivity index (χ3n) is 7.94. The van der Waals surface area contributed by atoms with Gasteiger partial charge in [-0.25, -0.2) is 0 Å². The lowest BCUT2D eigenvalue weighted by atomic mass is 9.70. The fourth-order valence-corrected chi connectivity index (χ4v) is 6.49. The van der Waals surface area contributed by atoms with Crippen LogP contribution in [-0.4, -0.2) is 6.54 Å². The summed E-state index contributed by atoms with van der Waals surface area (Å²) >= 11 is 0. The molecule has 5 aromatic rings. The molecule has 0 radical (unpaired) electrons. The summed E-state index contributed by atoms with van der Waals surface area (Å²) in [5.41, 5.74) is 13.4. The molecule has 2 aliphatic carbocycles. The third kappa shape index (κ3) is 2.76. The zero-order valence-electron chi connectivity index (χ0n) is 19.9. The average molecular weight is 450 g/mol. The van der Waals surface area contributed by atoms with Crippen LogP contribution >= 0.6 is 0 Å². The zero-order valence-corrected chi connectivity index (χ0v) is 19.9. The number of benzene rings is 5. The monoisotopic (exact) mass is 449 g/mol. The number of hydrogen-bond donors (Lipinski definition) is 0. The lowest BCUT2D eigenvalue weighted by Gasteiger charge is -2.30. The van der Waals surface area contributed by atoms with Crippen molar-refractivity contribution in [3.63, 3.8) is 0 Å². The van der Waals surface area contributed by atoms with E-state index in [4.69, 9.17) is 0 Å². The van der Waals surface area contributed by atoms with Gasteiger partial charge in [-0.3, -0.25) is 0 Å². The predicted molar refractivity (Wildman–Crippen MR) is 146 cm³/mol. The summed E-state index contributed by atoms with van der Waals surface area (Å²) in [6.07, 6.45) is 0. The van der Waals surface area contributed by atoms with E-state index < -0.39 is 0 Å². The van der Waals surface area contributed by atoms with Crippen molar-refractivity contribution >= 4 is 5.69 Å². The number of para-hydroxylation sites is 1. The molecule has 1 spiro atoms. The van der Waals surface area contributed by atoms with Crippen LogP contribution in [0.3, 0.4) is 0 Å². The van der Waals surface area contributed by atoms with Crippen molar-refractivity contribution in [1.82, 2.24) is 0 Å². The van der Waals surface area contributed by atoms with E-state index in [1.54, 1.807) is 0 Å². The minimum Gasteiger partial charge on any atom is -0.367 e. The van der Waals surface area contributed by atoms with Gasteiger partial charge >= 0.3 is 0 Å². The maximum Gasteiger partial charge on any atom is 0.0725 e. The zero-order chi connectivity index (χ0) is 23.4. The van der Waals surface area contributed by atoms with Crippen LogP contribution < -0.4 is 4.90 Å². The molecule has 0 saturated carbocycles. The van der Waals surface area contributed by atoms with Crippen LogP contribution in [-0.2, 0) is 12.0 Å². The van der Waals surface area contributed by atoms with E-state index >= 15 is 0 Å². The van der Waals surface area contributed by atoms with Crippen LogP contribution in [0.4, 0.5) is 5.69 Å². The van der Waals surface area contributed by atoms with Crippen LogP contribution in [0.2, 0.25) is 0 Å². The van der Waals surface area contributed by atoms with Gasteiger partial charge in [0.25, 0.3) is 0 Å². The summed E-state index contributed by atoms with van der Waals surface area (Å²) in [7, 11) is 0. The molecule has 1 nitrogen and oxygen atoms in total. The largest absolute Gasteiger partial charge is 0.367 e. The Morgan fingerprint density at radius 1 is 0.514 bits per heavy atom. The number of nitrogens with zero attached hydrogens (tertiary/aromatic N) is 1. The second kappa shape index (κ2) is 7.71. The Kier molecular flexibility index (Phi) is 4.47. The Bertz CT molecular complexity index is 1520. The van der Waals surface area contributed by atoms with E-state index in [0.717, 1.165) is 13.1 Å². The smallest absolute Gasteiger partial charge is 0.0725 e. The molecule has 0 aliphatic heterocycles. The van der Waals surface area contributed by atoms with Crippen molar-refractivity contribution in [2.24, 2.45) is 0 Å². The summed E-state index contributed by atoms with van der Waals surface area (Å²) < 4.78 is 0. The van der Waals surface area contributed by atoms with E-state index in [2.05, 4.69) is 133 Å². The molecule has 0 atom stereocenters. The van der Waals surface area contributed by atoms with Crippen molar-refractivity contribution in [1.29, 1.82) is 0 Å². The van der Waals surface area contributed by atoms with Crippen LogP contribution in [0, 0.1) is 0 Å². The molecule has 0 unspecified atom stereocenters. The summed E-state index contributed by atoms with van der Waals surface area (Å²) in [6, 6.07) is 44.9. The van der Waals surface area contributed by atoms with E-state index in [9.17, 15) is 0 Å². The standard InChI is InChI=1S/C34H27N/c1-2-35(25-12-4-3-5-13-25)23-24-20-21-33-29(22-24)28-16-8-11-19-32(28)34(33)30-17-9-6-14-26(30)27-15-7-10-18-31(27)34/h3-22H,2,23H2,1H3. The third-order valence-corrected chi connectivity index (χ3v) is 7.94. The highest BCUT2D eigenvalue weighted by atomic mass is 15.1. The molecule has 0 N–H and O–H groups in total. The Morgan fingerprint density at radius 2 is 1.00 bits per heavy atom. The molecule has 1 heteroatoms. The van der Waals surface area contributed by atoms with Crippen molar-refractivity contribution in [2.45, 2.75) is 18.9 Å². The SMILES string of the molecule is CCN(Cc1ccc2c(c1)-c1ccccc1C21c2ccccc2-c2ccccc21)c1ccccc1. The summed E-state index contributed by atoms with van der Waals surface area (Å²) in [4.78, 5) is 2.44. The molecule has 0 amide bonds. The highest BCUT2D eigenvalue weighted by molar-refractivity contribution is 5.95. The van der Waals surface area contributed by atoms with Gasteiger partial charge in [0.05, 0.1) is 5.41 Å². The van der Waals surface area contributed by atoms with Gasteiger partial charge in [0.2, 0.25) is 0 Å². The number of fused-ring (bicyclic) bond motifs is 10. The Labute approximate surface area is 207 Å². The average Bonchev–Trinajstić information content (AvgIpc) is 3.39. The van der Waals surface area contributed by atoms with Crippen molar-refractivity contribution < 1.29 is 0 Å². The van der Waals surface area contributed by atoms with Crippen LogP contribution in [0.15, 0.2) is 121 Å². The molecule has 0 saturated heterocycles. The van der Waals surface area contributed by atoms with E-state index in [1.807, 2.05) is 0 Å². The minimum absolute atomic E-state index is 0.248. The van der Waals surface area contributed by atoms with Gasteiger partial charge in [-0.05, 0) is 75.2 Å². The van der Waals surface area contributed by atoms with Crippen LogP contribution in [0.25, 0.3) is 22.3 Å². The first kappa shape index (κ1) is 20.3. The van der Waals surface area contributed by atoms with Crippen molar-refractivity contribution in [3.8, 4) is 22.3 Å². The normalized spacial score (nSPS) is 13.7. The lowest BCUT2D eigenvalue weighted by Crippen LogP contribution is -2.26. The minimum atomic E-state index is -0.248. The topological polar surface area (TPSA) is 3.24 Å². The fraction of sp³-hybridized carbons (Fsp3) is 0.118. The van der Waals surface area contributed by atoms with Crippen molar-refractivity contribution in [2.75, 3.05) is 11.4 Å². The van der Waals surface area contributed by atoms with Crippen LogP contribution in [0.1, 0.15) is 34.7 Å². The molecule has 0 aromatic heterocycles. The highest BCUT2D eigenvalue weighted by Gasteiger charge is 2.51. The van der Waals surface area contributed by atoms with E-state index in [0.29, 0.717) is 0 Å². The van der Waals surface area contributed by atoms with E-state index in [1.165, 1.54) is 55.8 Å². The van der Waals surface area contributed by atoms with E-state index in [-0.39, 0.29) is 5.41 Å². The molecule has 0 fully saturated rings. The first-order valence-electron chi connectivity index (χ1n) is 12.5. The second-order valence-electron chi connectivity index (χ2n) is 9.62. The summed E-state index contributed by atoms with van der Waals surface area (Å²) in [5, 5.41) is 0. The first-order valence-corrected chi connectivity index (χ1v) is 12.5. The van der Waals surface area contributed by atoms with Gasteiger partial charge in [-0.2, -0.15) is 0 Å². The molecule has 168 valence electrons. The predicted octanol–water partition coefficient (Wildman–Crippen LogP) is 8.06. The Balaban J connectivity index is 1.44. The first-order chi connectivity index (χ1) is 17.3.